The molecule has 0 aromatic heterocycles. The number of hydrogen-bond acceptors (Lipinski definition) is 4. The molecular formula is C16H24N2O4. The van der Waals surface area contributed by atoms with Gasteiger partial charge in [-0.25, -0.2) is 4.79 Å². The second-order valence-corrected chi connectivity index (χ2v) is 4.97. The van der Waals surface area contributed by atoms with E-state index in [1.165, 1.54) is 7.11 Å². The monoisotopic (exact) mass is 308 g/mol. The number of phenolic OH excluding ortho intramolecular Hbond substituents is 1. The molecule has 0 aliphatic rings. The van der Waals surface area contributed by atoms with Crippen LogP contribution in [0.2, 0.25) is 0 Å². The lowest BCUT2D eigenvalue weighted by atomic mass is 10.1. The van der Waals surface area contributed by atoms with Crippen LogP contribution in [0.1, 0.15) is 31.7 Å². The maximum atomic E-state index is 12.3. The molecule has 1 aromatic rings. The van der Waals surface area contributed by atoms with Gasteiger partial charge in [0.2, 0.25) is 5.91 Å². The number of ether oxygens (including phenoxy) is 1. The quantitative estimate of drug-likeness (QED) is 0.722. The average Bonchev–Trinajstić information content (AvgIpc) is 2.52. The molecule has 1 rings (SSSR count). The summed E-state index contributed by atoms with van der Waals surface area (Å²) < 4.78 is 4.46. The number of methoxy groups -OCH3 is 1. The molecule has 0 aliphatic heterocycles. The van der Waals surface area contributed by atoms with Crippen molar-refractivity contribution in [2.75, 3.05) is 20.2 Å². The van der Waals surface area contributed by atoms with Gasteiger partial charge in [0, 0.05) is 31.6 Å². The van der Waals surface area contributed by atoms with Gasteiger partial charge in [-0.05, 0) is 18.9 Å². The predicted octanol–water partition coefficient (Wildman–Crippen LogP) is 2.27. The number of alkyl carbamates (subject to hydrolysis) is 1. The smallest absolute Gasteiger partial charge is 0.406 e. The number of amides is 2. The van der Waals surface area contributed by atoms with E-state index in [1.807, 2.05) is 19.1 Å². The molecule has 2 amide bonds. The maximum absolute atomic E-state index is 12.3. The Morgan fingerprint density at radius 1 is 1.32 bits per heavy atom. The van der Waals surface area contributed by atoms with E-state index in [-0.39, 0.29) is 11.7 Å². The van der Waals surface area contributed by atoms with Gasteiger partial charge in [0.25, 0.3) is 0 Å². The number of para-hydroxylation sites is 1. The van der Waals surface area contributed by atoms with Crippen molar-refractivity contribution in [3.8, 4) is 5.75 Å². The van der Waals surface area contributed by atoms with Gasteiger partial charge in [-0.2, -0.15) is 0 Å². The number of nitrogens with one attached hydrogen (secondary N) is 1. The van der Waals surface area contributed by atoms with E-state index in [9.17, 15) is 14.7 Å². The van der Waals surface area contributed by atoms with E-state index in [1.54, 1.807) is 17.0 Å². The molecule has 0 fully saturated rings. The summed E-state index contributed by atoms with van der Waals surface area (Å²) in [5, 5.41) is 12.4. The highest BCUT2D eigenvalue weighted by atomic mass is 16.5. The fourth-order valence-electron chi connectivity index (χ4n) is 2.07. The molecule has 6 heteroatoms. The first-order chi connectivity index (χ1) is 10.6. The third-order valence-corrected chi connectivity index (χ3v) is 3.22. The summed E-state index contributed by atoms with van der Waals surface area (Å²) in [7, 11) is 1.30. The van der Waals surface area contributed by atoms with Crippen LogP contribution >= 0.6 is 0 Å². The number of aromatic hydroxyl groups is 1. The summed E-state index contributed by atoms with van der Waals surface area (Å²) in [6.07, 6.45) is 1.25. The molecule has 0 atom stereocenters. The SMILES string of the molecule is CCCN(Cc1ccccc1O)C(=O)CCCNC(=O)OC. The third-order valence-electron chi connectivity index (χ3n) is 3.22. The molecular weight excluding hydrogens is 284 g/mol. The van der Waals surface area contributed by atoms with Crippen LogP contribution in [-0.2, 0) is 16.1 Å². The Labute approximate surface area is 131 Å². The van der Waals surface area contributed by atoms with Crippen LogP contribution in [0.3, 0.4) is 0 Å². The molecule has 0 saturated carbocycles. The summed E-state index contributed by atoms with van der Waals surface area (Å²) in [6.45, 7) is 3.43. The molecule has 122 valence electrons. The van der Waals surface area contributed by atoms with Crippen molar-refractivity contribution in [1.82, 2.24) is 10.2 Å². The van der Waals surface area contributed by atoms with Crippen molar-refractivity contribution in [2.45, 2.75) is 32.7 Å². The van der Waals surface area contributed by atoms with Crippen LogP contribution in [-0.4, -0.2) is 42.2 Å². The standard InChI is InChI=1S/C16H24N2O4/c1-3-11-18(12-13-7-4-5-8-14(13)19)15(20)9-6-10-17-16(21)22-2/h4-5,7-8,19H,3,6,9-12H2,1-2H3,(H,17,21). The minimum atomic E-state index is -0.493. The number of carbonyl (C=O) groups excluding carboxylic acids is 2. The summed E-state index contributed by atoms with van der Waals surface area (Å²) in [5.74, 6) is 0.209. The molecule has 0 radical (unpaired) electrons. The number of carbonyl (C=O) groups is 2. The van der Waals surface area contributed by atoms with E-state index in [0.29, 0.717) is 32.5 Å². The van der Waals surface area contributed by atoms with Crippen molar-refractivity contribution >= 4 is 12.0 Å². The van der Waals surface area contributed by atoms with Crippen molar-refractivity contribution < 1.29 is 19.4 Å². The number of nitrogens with zero attached hydrogens (tertiary/aromatic N) is 1. The molecule has 0 unspecified atom stereocenters. The summed E-state index contributed by atoms with van der Waals surface area (Å²) in [4.78, 5) is 24.9. The first kappa shape index (κ1) is 17.8. The number of hydrogen-bond donors (Lipinski definition) is 2. The lowest BCUT2D eigenvalue weighted by Gasteiger charge is -2.22. The third kappa shape index (κ3) is 6.03. The normalized spacial score (nSPS) is 10.1. The molecule has 1 aromatic carbocycles. The van der Waals surface area contributed by atoms with Gasteiger partial charge in [-0.3, -0.25) is 4.79 Å². The van der Waals surface area contributed by atoms with E-state index < -0.39 is 6.09 Å². The Kier molecular flexibility index (Phi) is 7.81. The van der Waals surface area contributed by atoms with Crippen molar-refractivity contribution in [3.05, 3.63) is 29.8 Å². The van der Waals surface area contributed by atoms with Gasteiger partial charge >= 0.3 is 6.09 Å². The predicted molar refractivity (Wildman–Crippen MR) is 83.5 cm³/mol. The first-order valence-corrected chi connectivity index (χ1v) is 7.45. The highest BCUT2D eigenvalue weighted by Crippen LogP contribution is 2.18. The zero-order valence-corrected chi connectivity index (χ0v) is 13.2. The number of benzene rings is 1. The highest BCUT2D eigenvalue weighted by molar-refractivity contribution is 5.76. The van der Waals surface area contributed by atoms with Crippen molar-refractivity contribution in [3.63, 3.8) is 0 Å². The van der Waals surface area contributed by atoms with Gasteiger partial charge in [0.1, 0.15) is 5.75 Å². The second-order valence-electron chi connectivity index (χ2n) is 4.97. The Morgan fingerprint density at radius 2 is 2.05 bits per heavy atom. The molecule has 0 spiro atoms. The summed E-state index contributed by atoms with van der Waals surface area (Å²) in [6, 6.07) is 7.02. The van der Waals surface area contributed by atoms with Gasteiger partial charge in [-0.1, -0.05) is 25.1 Å². The van der Waals surface area contributed by atoms with Crippen LogP contribution < -0.4 is 5.32 Å². The lowest BCUT2D eigenvalue weighted by molar-refractivity contribution is -0.132. The number of rotatable bonds is 8. The van der Waals surface area contributed by atoms with Crippen molar-refractivity contribution in [1.29, 1.82) is 0 Å². The van der Waals surface area contributed by atoms with Gasteiger partial charge in [0.15, 0.2) is 0 Å². The minimum absolute atomic E-state index is 0.0109. The van der Waals surface area contributed by atoms with Gasteiger partial charge < -0.3 is 20.1 Å². The fourth-order valence-corrected chi connectivity index (χ4v) is 2.07. The van der Waals surface area contributed by atoms with Crippen LogP contribution in [0.25, 0.3) is 0 Å². The van der Waals surface area contributed by atoms with E-state index in [4.69, 9.17) is 0 Å². The van der Waals surface area contributed by atoms with E-state index in [2.05, 4.69) is 10.1 Å². The van der Waals surface area contributed by atoms with E-state index >= 15 is 0 Å². The lowest BCUT2D eigenvalue weighted by Crippen LogP contribution is -2.32. The second kappa shape index (κ2) is 9.65. The summed E-state index contributed by atoms with van der Waals surface area (Å²) in [5.41, 5.74) is 0.733. The average molecular weight is 308 g/mol. The zero-order chi connectivity index (χ0) is 16.4. The Hall–Kier alpha value is -2.24. The molecule has 0 saturated heterocycles. The highest BCUT2D eigenvalue weighted by Gasteiger charge is 2.14. The molecule has 0 aliphatic carbocycles. The van der Waals surface area contributed by atoms with Crippen LogP contribution in [0, 0.1) is 0 Å². The molecule has 6 nitrogen and oxygen atoms in total. The molecule has 0 bridgehead atoms. The van der Waals surface area contributed by atoms with Crippen LogP contribution in [0.4, 0.5) is 4.79 Å². The van der Waals surface area contributed by atoms with Crippen molar-refractivity contribution in [2.24, 2.45) is 0 Å². The van der Waals surface area contributed by atoms with Crippen LogP contribution in [0.15, 0.2) is 24.3 Å². The number of phenols is 1. The zero-order valence-electron chi connectivity index (χ0n) is 13.2. The van der Waals surface area contributed by atoms with E-state index in [0.717, 1.165) is 12.0 Å². The Bertz CT molecular complexity index is 491. The maximum Gasteiger partial charge on any atom is 0.406 e. The summed E-state index contributed by atoms with van der Waals surface area (Å²) >= 11 is 0. The van der Waals surface area contributed by atoms with Gasteiger partial charge in [-0.15, -0.1) is 0 Å². The largest absolute Gasteiger partial charge is 0.508 e. The fraction of sp³-hybridized carbons (Fsp3) is 0.500. The Balaban J connectivity index is 2.50. The molecule has 2 N–H and O–H groups in total. The minimum Gasteiger partial charge on any atom is -0.508 e. The molecule has 0 heterocycles. The van der Waals surface area contributed by atoms with Crippen LogP contribution in [0.5, 0.6) is 5.75 Å². The topological polar surface area (TPSA) is 78.9 Å². The Morgan fingerprint density at radius 3 is 2.68 bits per heavy atom. The van der Waals surface area contributed by atoms with Gasteiger partial charge in [0.05, 0.1) is 7.11 Å². The first-order valence-electron chi connectivity index (χ1n) is 7.45. The molecule has 22 heavy (non-hydrogen) atoms.